The monoisotopic (exact) mass is 241 g/mol. The van der Waals surface area contributed by atoms with E-state index in [4.69, 9.17) is 5.26 Å². The van der Waals surface area contributed by atoms with E-state index in [0.717, 1.165) is 5.56 Å². The van der Waals surface area contributed by atoms with Crippen molar-refractivity contribution in [1.29, 1.82) is 5.26 Å². The summed E-state index contributed by atoms with van der Waals surface area (Å²) in [6.45, 7) is 7.87. The largest absolute Gasteiger partial charge is 0.293 e. The highest BCUT2D eigenvalue weighted by Crippen LogP contribution is 2.17. The summed E-state index contributed by atoms with van der Waals surface area (Å²) in [4.78, 5) is 11.8. The Hall–Kier alpha value is -1.88. The van der Waals surface area contributed by atoms with Crippen LogP contribution >= 0.6 is 0 Å². The average molecular weight is 241 g/mol. The fraction of sp³-hybridized carbons (Fsp3) is 0.375. The summed E-state index contributed by atoms with van der Waals surface area (Å²) in [6.07, 6.45) is 1.66. The van der Waals surface area contributed by atoms with Crippen LogP contribution in [-0.4, -0.2) is 5.78 Å². The maximum absolute atomic E-state index is 11.8. The molecule has 0 aliphatic heterocycles. The number of nitriles is 1. The van der Waals surface area contributed by atoms with Gasteiger partial charge in [-0.05, 0) is 23.1 Å². The number of carbonyl (C=O) groups is 1. The highest BCUT2D eigenvalue weighted by molar-refractivity contribution is 6.04. The van der Waals surface area contributed by atoms with Crippen LogP contribution in [0.3, 0.4) is 0 Å². The minimum Gasteiger partial charge on any atom is -0.293 e. The quantitative estimate of drug-likeness (QED) is 0.591. The number of benzene rings is 1. The fourth-order valence-corrected chi connectivity index (χ4v) is 1.61. The zero-order valence-electron chi connectivity index (χ0n) is 11.4. The van der Waals surface area contributed by atoms with Gasteiger partial charge in [0.1, 0.15) is 6.07 Å². The van der Waals surface area contributed by atoms with Crippen molar-refractivity contribution in [2.75, 3.05) is 0 Å². The highest BCUT2D eigenvalue weighted by Gasteiger charge is 2.13. The van der Waals surface area contributed by atoms with Crippen LogP contribution in [0.4, 0.5) is 0 Å². The Balaban J connectivity index is 3.01. The van der Waals surface area contributed by atoms with Gasteiger partial charge in [-0.3, -0.25) is 4.79 Å². The van der Waals surface area contributed by atoms with Gasteiger partial charge < -0.3 is 0 Å². The predicted octanol–water partition coefficient (Wildman–Crippen LogP) is 3.94. The Morgan fingerprint density at radius 2 is 1.72 bits per heavy atom. The second-order valence-corrected chi connectivity index (χ2v) is 5.01. The van der Waals surface area contributed by atoms with Crippen LogP contribution in [0.1, 0.15) is 44.7 Å². The molecule has 2 nitrogen and oxygen atoms in total. The maximum atomic E-state index is 11.8. The van der Waals surface area contributed by atoms with Crippen molar-refractivity contribution >= 4 is 11.9 Å². The standard InChI is InChI=1S/C16H19NO/c1-11(2)14-7-5-13(6-8-14)9-15(10-17)16(18)12(3)4/h5-9,11-12H,1-4H3/b15-9-. The lowest BCUT2D eigenvalue weighted by atomic mass is 9.98. The zero-order valence-corrected chi connectivity index (χ0v) is 11.4. The van der Waals surface area contributed by atoms with Crippen molar-refractivity contribution in [3.05, 3.63) is 41.0 Å². The molecule has 0 heterocycles. The van der Waals surface area contributed by atoms with E-state index < -0.39 is 0 Å². The van der Waals surface area contributed by atoms with Crippen LogP contribution in [0.2, 0.25) is 0 Å². The van der Waals surface area contributed by atoms with E-state index in [1.165, 1.54) is 5.56 Å². The summed E-state index contributed by atoms with van der Waals surface area (Å²) >= 11 is 0. The molecule has 1 aromatic rings. The van der Waals surface area contributed by atoms with Crippen LogP contribution < -0.4 is 0 Å². The third kappa shape index (κ3) is 3.56. The summed E-state index contributed by atoms with van der Waals surface area (Å²) in [5.41, 5.74) is 2.37. The predicted molar refractivity (Wildman–Crippen MR) is 74.0 cm³/mol. The van der Waals surface area contributed by atoms with E-state index in [1.807, 2.05) is 30.3 Å². The Labute approximate surface area is 109 Å². The van der Waals surface area contributed by atoms with E-state index in [1.54, 1.807) is 19.9 Å². The molecule has 0 aliphatic rings. The lowest BCUT2D eigenvalue weighted by molar-refractivity contribution is -0.117. The number of allylic oxidation sites excluding steroid dienone is 1. The molecular formula is C16H19NO. The van der Waals surface area contributed by atoms with E-state index in [-0.39, 0.29) is 17.3 Å². The van der Waals surface area contributed by atoms with Crippen LogP contribution in [0, 0.1) is 17.2 Å². The van der Waals surface area contributed by atoms with E-state index in [9.17, 15) is 4.79 Å². The third-order valence-electron chi connectivity index (χ3n) is 2.82. The SMILES string of the molecule is CC(C)C(=O)/C(C#N)=C\c1ccc(C(C)C)cc1. The van der Waals surface area contributed by atoms with Gasteiger partial charge in [0.2, 0.25) is 0 Å². The number of carbonyl (C=O) groups excluding carboxylic acids is 1. The Bertz CT molecular complexity index is 487. The summed E-state index contributed by atoms with van der Waals surface area (Å²) < 4.78 is 0. The first kappa shape index (κ1) is 14.2. The number of ketones is 1. The van der Waals surface area contributed by atoms with E-state index >= 15 is 0 Å². The molecule has 0 fully saturated rings. The third-order valence-corrected chi connectivity index (χ3v) is 2.82. The van der Waals surface area contributed by atoms with Gasteiger partial charge >= 0.3 is 0 Å². The molecule has 0 aliphatic carbocycles. The molecule has 0 atom stereocenters. The van der Waals surface area contributed by atoms with Crippen LogP contribution in [0.25, 0.3) is 6.08 Å². The molecule has 0 saturated carbocycles. The lowest BCUT2D eigenvalue weighted by Crippen LogP contribution is -2.08. The summed E-state index contributed by atoms with van der Waals surface area (Å²) in [5, 5.41) is 9.01. The highest BCUT2D eigenvalue weighted by atomic mass is 16.1. The second kappa shape index (κ2) is 6.16. The summed E-state index contributed by atoms with van der Waals surface area (Å²) in [6, 6.07) is 9.94. The Morgan fingerprint density at radius 3 is 2.11 bits per heavy atom. The number of hydrogen-bond donors (Lipinski definition) is 0. The molecule has 0 bridgehead atoms. The number of Topliss-reactive ketones (excluding diaryl/α,β-unsaturated/α-hetero) is 1. The summed E-state index contributed by atoms with van der Waals surface area (Å²) in [7, 11) is 0. The first-order valence-corrected chi connectivity index (χ1v) is 6.21. The van der Waals surface area contributed by atoms with Gasteiger partial charge in [0.15, 0.2) is 5.78 Å². The molecule has 94 valence electrons. The van der Waals surface area contributed by atoms with Crippen LogP contribution in [-0.2, 0) is 4.79 Å². The number of rotatable bonds is 4. The minimum atomic E-state index is -0.147. The number of nitrogens with zero attached hydrogens (tertiary/aromatic N) is 1. The average Bonchev–Trinajstić information content (AvgIpc) is 2.35. The maximum Gasteiger partial charge on any atom is 0.175 e. The normalized spacial score (nSPS) is 11.7. The molecule has 0 radical (unpaired) electrons. The molecule has 2 heteroatoms. The number of hydrogen-bond acceptors (Lipinski definition) is 2. The van der Waals surface area contributed by atoms with Gasteiger partial charge in [0.25, 0.3) is 0 Å². The van der Waals surface area contributed by atoms with Crippen molar-refractivity contribution in [1.82, 2.24) is 0 Å². The zero-order chi connectivity index (χ0) is 13.7. The minimum absolute atomic E-state index is 0.106. The topological polar surface area (TPSA) is 40.9 Å². The second-order valence-electron chi connectivity index (χ2n) is 5.01. The molecule has 1 rings (SSSR count). The van der Waals surface area contributed by atoms with Crippen molar-refractivity contribution in [3.63, 3.8) is 0 Å². The molecule has 0 amide bonds. The van der Waals surface area contributed by atoms with Gasteiger partial charge in [-0.2, -0.15) is 5.26 Å². The van der Waals surface area contributed by atoms with Gasteiger partial charge in [-0.1, -0.05) is 52.0 Å². The van der Waals surface area contributed by atoms with Gasteiger partial charge in [-0.15, -0.1) is 0 Å². The summed E-state index contributed by atoms with van der Waals surface area (Å²) in [5.74, 6) is 0.229. The van der Waals surface area contributed by atoms with Crippen molar-refractivity contribution in [3.8, 4) is 6.07 Å². The lowest BCUT2D eigenvalue weighted by Gasteiger charge is -2.05. The molecule has 0 N–H and O–H groups in total. The molecule has 0 saturated heterocycles. The van der Waals surface area contributed by atoms with Crippen molar-refractivity contribution in [2.45, 2.75) is 33.6 Å². The smallest absolute Gasteiger partial charge is 0.175 e. The van der Waals surface area contributed by atoms with Crippen LogP contribution in [0.15, 0.2) is 29.8 Å². The first-order chi connectivity index (χ1) is 8.45. The van der Waals surface area contributed by atoms with Gasteiger partial charge in [0, 0.05) is 5.92 Å². The Kier molecular flexibility index (Phi) is 4.85. The molecule has 0 spiro atoms. The fourth-order valence-electron chi connectivity index (χ4n) is 1.61. The first-order valence-electron chi connectivity index (χ1n) is 6.21. The van der Waals surface area contributed by atoms with Gasteiger partial charge in [0.05, 0.1) is 5.57 Å². The van der Waals surface area contributed by atoms with E-state index in [0.29, 0.717) is 5.92 Å². The van der Waals surface area contributed by atoms with Crippen LogP contribution in [0.5, 0.6) is 0 Å². The van der Waals surface area contributed by atoms with E-state index in [2.05, 4.69) is 13.8 Å². The molecule has 0 aromatic heterocycles. The Morgan fingerprint density at radius 1 is 1.17 bits per heavy atom. The molecule has 0 unspecified atom stereocenters. The molecular weight excluding hydrogens is 222 g/mol. The van der Waals surface area contributed by atoms with Crippen molar-refractivity contribution < 1.29 is 4.79 Å². The molecule has 1 aromatic carbocycles. The van der Waals surface area contributed by atoms with Gasteiger partial charge in [-0.25, -0.2) is 0 Å². The van der Waals surface area contributed by atoms with Crippen molar-refractivity contribution in [2.24, 2.45) is 5.92 Å². The molecule has 18 heavy (non-hydrogen) atoms.